The van der Waals surface area contributed by atoms with Crippen LogP contribution in [-0.2, 0) is 4.79 Å². The number of rotatable bonds is 3. The second kappa shape index (κ2) is 4.09. The van der Waals surface area contributed by atoms with Crippen molar-refractivity contribution in [3.63, 3.8) is 0 Å². The topological polar surface area (TPSA) is 49.3 Å². The lowest BCUT2D eigenvalue weighted by atomic mass is 10.4. The van der Waals surface area contributed by atoms with Crippen molar-refractivity contribution in [2.45, 2.75) is 13.0 Å². The monoisotopic (exact) mass is 129 g/mol. The van der Waals surface area contributed by atoms with E-state index in [0.29, 0.717) is 6.54 Å². The Morgan fingerprint density at radius 2 is 2.56 bits per heavy atom. The molecule has 0 fully saturated rings. The van der Waals surface area contributed by atoms with Gasteiger partial charge in [-0.1, -0.05) is 6.08 Å². The molecule has 0 aromatic rings. The van der Waals surface area contributed by atoms with Crippen LogP contribution in [0.15, 0.2) is 12.7 Å². The molecule has 0 rings (SSSR count). The third-order valence-corrected chi connectivity index (χ3v) is 0.800. The molecule has 9 heavy (non-hydrogen) atoms. The van der Waals surface area contributed by atoms with Crippen LogP contribution in [0.1, 0.15) is 6.92 Å². The highest BCUT2D eigenvalue weighted by Gasteiger charge is 2.04. The fourth-order valence-electron chi connectivity index (χ4n) is 0.320. The van der Waals surface area contributed by atoms with Crippen molar-refractivity contribution in [1.82, 2.24) is 5.32 Å². The second-order valence-corrected chi connectivity index (χ2v) is 1.71. The van der Waals surface area contributed by atoms with Gasteiger partial charge in [-0.15, -0.1) is 6.58 Å². The van der Waals surface area contributed by atoms with Gasteiger partial charge < -0.3 is 10.4 Å². The predicted octanol–water partition coefficient (Wildman–Crippen LogP) is -0.331. The van der Waals surface area contributed by atoms with E-state index in [9.17, 15) is 4.79 Å². The molecule has 0 aromatic carbocycles. The van der Waals surface area contributed by atoms with Crippen LogP contribution < -0.4 is 5.32 Å². The molecule has 0 spiro atoms. The zero-order valence-corrected chi connectivity index (χ0v) is 5.42. The first-order chi connectivity index (χ1) is 4.18. The largest absolute Gasteiger partial charge is 0.384 e. The fraction of sp³-hybridized carbons (Fsp3) is 0.500. The maximum absolute atomic E-state index is 10.5. The van der Waals surface area contributed by atoms with Gasteiger partial charge in [-0.25, -0.2) is 0 Å². The molecule has 2 N–H and O–H groups in total. The summed E-state index contributed by atoms with van der Waals surface area (Å²) >= 11 is 0. The van der Waals surface area contributed by atoms with E-state index in [2.05, 4.69) is 11.9 Å². The minimum Gasteiger partial charge on any atom is -0.384 e. The number of nitrogens with one attached hydrogen (secondary N) is 1. The maximum Gasteiger partial charge on any atom is 0.248 e. The minimum absolute atomic E-state index is 0.366. The normalized spacial score (nSPS) is 12.2. The molecule has 0 aliphatic heterocycles. The molecule has 0 aliphatic rings. The summed E-state index contributed by atoms with van der Waals surface area (Å²) in [6, 6.07) is 0. The molecule has 0 radical (unpaired) electrons. The van der Waals surface area contributed by atoms with Gasteiger partial charge in [0.2, 0.25) is 5.91 Å². The Labute approximate surface area is 54.4 Å². The van der Waals surface area contributed by atoms with E-state index >= 15 is 0 Å². The summed E-state index contributed by atoms with van der Waals surface area (Å²) < 4.78 is 0. The van der Waals surface area contributed by atoms with E-state index in [1.165, 1.54) is 6.92 Å². The molecule has 1 amide bonds. The molecule has 0 bridgehead atoms. The van der Waals surface area contributed by atoms with E-state index < -0.39 is 6.10 Å². The molecule has 52 valence electrons. The van der Waals surface area contributed by atoms with Crippen LogP contribution in [0, 0.1) is 0 Å². The standard InChI is InChI=1S/C6H11NO2/c1-3-4-7-6(9)5(2)8/h3,5,8H,1,4H2,2H3,(H,7,9)/t5-/m1/s1. The first-order valence-electron chi connectivity index (χ1n) is 2.75. The smallest absolute Gasteiger partial charge is 0.248 e. The van der Waals surface area contributed by atoms with Gasteiger partial charge in [0.1, 0.15) is 6.10 Å². The van der Waals surface area contributed by atoms with E-state index in [-0.39, 0.29) is 5.91 Å². The van der Waals surface area contributed by atoms with E-state index in [0.717, 1.165) is 0 Å². The first-order valence-corrected chi connectivity index (χ1v) is 2.75. The third kappa shape index (κ3) is 3.73. The fourth-order valence-corrected chi connectivity index (χ4v) is 0.320. The maximum atomic E-state index is 10.5. The summed E-state index contributed by atoms with van der Waals surface area (Å²) in [6.45, 7) is 5.22. The van der Waals surface area contributed by atoms with Crippen molar-refractivity contribution < 1.29 is 9.90 Å². The van der Waals surface area contributed by atoms with Crippen LogP contribution >= 0.6 is 0 Å². The molecule has 0 heterocycles. The van der Waals surface area contributed by atoms with Crippen LogP contribution in [0.2, 0.25) is 0 Å². The molecule has 1 atom stereocenters. The van der Waals surface area contributed by atoms with Crippen molar-refractivity contribution >= 4 is 5.91 Å². The van der Waals surface area contributed by atoms with E-state index in [1.807, 2.05) is 0 Å². The molecule has 3 nitrogen and oxygen atoms in total. The van der Waals surface area contributed by atoms with Crippen LogP contribution in [0.3, 0.4) is 0 Å². The third-order valence-electron chi connectivity index (χ3n) is 0.800. The number of hydrogen-bond acceptors (Lipinski definition) is 2. The lowest BCUT2D eigenvalue weighted by Gasteiger charge is -2.02. The predicted molar refractivity (Wildman–Crippen MR) is 34.9 cm³/mol. The molecule has 0 aliphatic carbocycles. The Morgan fingerprint density at radius 3 is 2.89 bits per heavy atom. The van der Waals surface area contributed by atoms with Crippen LogP contribution in [0.5, 0.6) is 0 Å². The van der Waals surface area contributed by atoms with Crippen molar-refractivity contribution in [3.8, 4) is 0 Å². The van der Waals surface area contributed by atoms with Gasteiger partial charge in [0, 0.05) is 6.54 Å². The molecular weight excluding hydrogens is 118 g/mol. The van der Waals surface area contributed by atoms with Gasteiger partial charge in [-0.05, 0) is 6.92 Å². The van der Waals surface area contributed by atoms with E-state index in [1.54, 1.807) is 6.08 Å². The summed E-state index contributed by atoms with van der Waals surface area (Å²) in [5, 5.41) is 11.0. The average Bonchev–Trinajstić information content (AvgIpc) is 1.82. The zero-order valence-electron chi connectivity index (χ0n) is 5.42. The molecular formula is C6H11NO2. The summed E-state index contributed by atoms with van der Waals surface area (Å²) in [4.78, 5) is 10.5. The Morgan fingerprint density at radius 1 is 2.00 bits per heavy atom. The highest BCUT2D eigenvalue weighted by Crippen LogP contribution is 1.76. The number of amides is 1. The molecule has 3 heteroatoms. The van der Waals surface area contributed by atoms with Gasteiger partial charge >= 0.3 is 0 Å². The SMILES string of the molecule is C=CCNC(=O)[C@@H](C)O. The quantitative estimate of drug-likeness (QED) is 0.512. The van der Waals surface area contributed by atoms with Gasteiger partial charge in [0.05, 0.1) is 0 Å². The van der Waals surface area contributed by atoms with Gasteiger partial charge in [-0.2, -0.15) is 0 Å². The van der Waals surface area contributed by atoms with Crippen molar-refractivity contribution in [2.75, 3.05) is 6.54 Å². The molecule has 0 saturated heterocycles. The lowest BCUT2D eigenvalue weighted by Crippen LogP contribution is -2.32. The number of aliphatic hydroxyl groups is 1. The minimum atomic E-state index is -0.926. The number of aliphatic hydroxyl groups excluding tert-OH is 1. The summed E-state index contributed by atoms with van der Waals surface area (Å²) in [5.41, 5.74) is 0. The average molecular weight is 129 g/mol. The molecule has 0 unspecified atom stereocenters. The highest BCUT2D eigenvalue weighted by molar-refractivity contribution is 5.80. The van der Waals surface area contributed by atoms with Crippen molar-refractivity contribution in [2.24, 2.45) is 0 Å². The van der Waals surface area contributed by atoms with Crippen LogP contribution in [0.25, 0.3) is 0 Å². The Balaban J connectivity index is 3.38. The summed E-state index contributed by atoms with van der Waals surface area (Å²) in [5.74, 6) is -0.366. The second-order valence-electron chi connectivity index (χ2n) is 1.71. The number of carbonyl (C=O) groups is 1. The Bertz CT molecular complexity index is 110. The van der Waals surface area contributed by atoms with Crippen molar-refractivity contribution in [1.29, 1.82) is 0 Å². The highest BCUT2D eigenvalue weighted by atomic mass is 16.3. The van der Waals surface area contributed by atoms with Gasteiger partial charge in [0.15, 0.2) is 0 Å². The number of carbonyl (C=O) groups excluding carboxylic acids is 1. The van der Waals surface area contributed by atoms with E-state index in [4.69, 9.17) is 5.11 Å². The summed E-state index contributed by atoms with van der Waals surface area (Å²) in [6.07, 6.45) is 0.630. The van der Waals surface area contributed by atoms with Crippen LogP contribution in [-0.4, -0.2) is 23.7 Å². The number of hydrogen-bond donors (Lipinski definition) is 2. The Kier molecular flexibility index (Phi) is 3.71. The first kappa shape index (κ1) is 8.17. The Hall–Kier alpha value is -0.830. The van der Waals surface area contributed by atoms with Crippen molar-refractivity contribution in [3.05, 3.63) is 12.7 Å². The van der Waals surface area contributed by atoms with Crippen LogP contribution in [0.4, 0.5) is 0 Å². The molecule has 0 aromatic heterocycles. The van der Waals surface area contributed by atoms with Gasteiger partial charge in [-0.3, -0.25) is 4.79 Å². The molecule has 0 saturated carbocycles. The zero-order chi connectivity index (χ0) is 7.28. The van der Waals surface area contributed by atoms with Gasteiger partial charge in [0.25, 0.3) is 0 Å². The summed E-state index contributed by atoms with van der Waals surface area (Å²) in [7, 11) is 0. The lowest BCUT2D eigenvalue weighted by molar-refractivity contribution is -0.128.